The van der Waals surface area contributed by atoms with E-state index in [1.165, 1.54) is 4.68 Å². The first-order chi connectivity index (χ1) is 8.38. The molecule has 0 fully saturated rings. The summed E-state index contributed by atoms with van der Waals surface area (Å²) >= 11 is 3.26. The van der Waals surface area contributed by atoms with Crippen LogP contribution in [-0.2, 0) is 11.8 Å². The van der Waals surface area contributed by atoms with Crippen molar-refractivity contribution in [3.05, 3.63) is 21.0 Å². The minimum absolute atomic E-state index is 0.0326. The molecule has 7 heteroatoms. The molecular weight excluding hydrogens is 300 g/mol. The molecule has 1 aromatic heterocycles. The number of aryl methyl sites for hydroxylation is 1. The third-order valence-corrected chi connectivity index (χ3v) is 3.46. The average Bonchev–Trinajstić information content (AvgIpc) is 2.34. The van der Waals surface area contributed by atoms with E-state index >= 15 is 0 Å². The Balaban J connectivity index is 2.92. The van der Waals surface area contributed by atoms with Crippen molar-refractivity contribution in [2.45, 2.75) is 6.92 Å². The fourth-order valence-electron chi connectivity index (χ4n) is 1.61. The Kier molecular flexibility index (Phi) is 4.89. The molecule has 1 rings (SSSR count). The van der Waals surface area contributed by atoms with Gasteiger partial charge in [0.1, 0.15) is 4.47 Å². The number of anilines is 1. The number of carbonyl (C=O) groups is 1. The van der Waals surface area contributed by atoms with Crippen LogP contribution in [0.2, 0.25) is 0 Å². The van der Waals surface area contributed by atoms with Crippen molar-refractivity contribution in [3.8, 4) is 0 Å². The van der Waals surface area contributed by atoms with Crippen molar-refractivity contribution in [2.24, 2.45) is 13.0 Å². The Morgan fingerprint density at radius 3 is 2.83 bits per heavy atom. The maximum atomic E-state index is 11.7. The lowest BCUT2D eigenvalue weighted by molar-refractivity contribution is -0.123. The predicted molar refractivity (Wildman–Crippen MR) is 73.7 cm³/mol. The molecule has 1 atom stereocenters. The molecule has 0 aromatic carbocycles. The van der Waals surface area contributed by atoms with Gasteiger partial charge in [-0.2, -0.15) is 5.10 Å². The molecule has 1 unspecified atom stereocenters. The van der Waals surface area contributed by atoms with Gasteiger partial charge in [0.25, 0.3) is 5.56 Å². The number of hydrogen-bond acceptors (Lipinski definition) is 4. The first-order valence-corrected chi connectivity index (χ1v) is 6.32. The zero-order chi connectivity index (χ0) is 13.9. The second-order valence-electron chi connectivity index (χ2n) is 4.17. The highest BCUT2D eigenvalue weighted by Gasteiger charge is 2.17. The fourth-order valence-corrected chi connectivity index (χ4v) is 2.27. The predicted octanol–water partition coefficient (Wildman–Crippen LogP) is 0.361. The SMILES string of the molecule is CNC(=O)C(C)CN(C)c1cnn(C)c(=O)c1Br. The van der Waals surface area contributed by atoms with E-state index < -0.39 is 0 Å². The summed E-state index contributed by atoms with van der Waals surface area (Å²) in [7, 11) is 5.01. The van der Waals surface area contributed by atoms with Crippen molar-refractivity contribution in [3.63, 3.8) is 0 Å². The van der Waals surface area contributed by atoms with Crippen LogP contribution in [0.1, 0.15) is 6.92 Å². The molecule has 0 bridgehead atoms. The van der Waals surface area contributed by atoms with Crippen LogP contribution in [0.4, 0.5) is 5.69 Å². The summed E-state index contributed by atoms with van der Waals surface area (Å²) in [6.07, 6.45) is 1.60. The molecule has 0 saturated heterocycles. The Morgan fingerprint density at radius 1 is 1.67 bits per heavy atom. The third-order valence-electron chi connectivity index (χ3n) is 2.71. The van der Waals surface area contributed by atoms with E-state index in [-0.39, 0.29) is 17.4 Å². The summed E-state index contributed by atoms with van der Waals surface area (Å²) in [6.45, 7) is 2.34. The van der Waals surface area contributed by atoms with Crippen LogP contribution in [0.5, 0.6) is 0 Å². The number of halogens is 1. The summed E-state index contributed by atoms with van der Waals surface area (Å²) < 4.78 is 1.70. The molecule has 0 aliphatic heterocycles. The van der Waals surface area contributed by atoms with Gasteiger partial charge >= 0.3 is 0 Å². The standard InChI is InChI=1S/C11H17BrN4O2/c1-7(10(17)13-2)6-15(3)8-5-14-16(4)11(18)9(8)12/h5,7H,6H2,1-4H3,(H,13,17). The molecule has 100 valence electrons. The normalized spacial score (nSPS) is 12.1. The summed E-state index contributed by atoms with van der Waals surface area (Å²) in [5.74, 6) is -0.203. The molecule has 1 heterocycles. The molecule has 0 aliphatic rings. The minimum Gasteiger partial charge on any atom is -0.371 e. The monoisotopic (exact) mass is 316 g/mol. The fraction of sp³-hybridized carbons (Fsp3) is 0.545. The highest BCUT2D eigenvalue weighted by molar-refractivity contribution is 9.10. The summed E-state index contributed by atoms with van der Waals surface area (Å²) in [5, 5.41) is 6.56. The third kappa shape index (κ3) is 3.10. The van der Waals surface area contributed by atoms with Crippen molar-refractivity contribution >= 4 is 27.5 Å². The van der Waals surface area contributed by atoms with E-state index in [1.807, 2.05) is 18.9 Å². The maximum absolute atomic E-state index is 11.7. The van der Waals surface area contributed by atoms with Gasteiger partial charge in [0.2, 0.25) is 5.91 Å². The quantitative estimate of drug-likeness (QED) is 0.871. The second-order valence-corrected chi connectivity index (χ2v) is 4.96. The Morgan fingerprint density at radius 2 is 2.28 bits per heavy atom. The van der Waals surface area contributed by atoms with Crippen LogP contribution in [0.15, 0.2) is 15.5 Å². The average molecular weight is 317 g/mol. The van der Waals surface area contributed by atoms with Crippen molar-refractivity contribution < 1.29 is 4.79 Å². The zero-order valence-corrected chi connectivity index (χ0v) is 12.5. The Labute approximate surface area is 114 Å². The van der Waals surface area contributed by atoms with Crippen LogP contribution >= 0.6 is 15.9 Å². The van der Waals surface area contributed by atoms with E-state index in [9.17, 15) is 9.59 Å². The lowest BCUT2D eigenvalue weighted by Crippen LogP contribution is -2.35. The Hall–Kier alpha value is -1.37. The van der Waals surface area contributed by atoms with Crippen LogP contribution in [0.25, 0.3) is 0 Å². The van der Waals surface area contributed by atoms with Crippen LogP contribution in [0.3, 0.4) is 0 Å². The van der Waals surface area contributed by atoms with Gasteiger partial charge in [-0.25, -0.2) is 4.68 Å². The second kappa shape index (κ2) is 5.99. The van der Waals surface area contributed by atoms with E-state index in [1.54, 1.807) is 20.3 Å². The van der Waals surface area contributed by atoms with Gasteiger partial charge in [-0.05, 0) is 15.9 Å². The van der Waals surface area contributed by atoms with E-state index in [0.29, 0.717) is 16.7 Å². The summed E-state index contributed by atoms with van der Waals surface area (Å²) in [5.41, 5.74) is 0.473. The molecule has 1 amide bonds. The topological polar surface area (TPSA) is 67.2 Å². The highest BCUT2D eigenvalue weighted by Crippen LogP contribution is 2.20. The Bertz CT molecular complexity index is 500. The largest absolute Gasteiger partial charge is 0.371 e. The lowest BCUT2D eigenvalue weighted by Gasteiger charge is -2.23. The van der Waals surface area contributed by atoms with Gasteiger partial charge in [0, 0.05) is 27.7 Å². The summed E-state index contributed by atoms with van der Waals surface area (Å²) in [4.78, 5) is 25.0. The van der Waals surface area contributed by atoms with Crippen LogP contribution < -0.4 is 15.8 Å². The summed E-state index contributed by atoms with van der Waals surface area (Å²) in [6, 6.07) is 0. The molecular formula is C11H17BrN4O2. The number of hydrogen-bond donors (Lipinski definition) is 1. The molecule has 0 radical (unpaired) electrons. The molecule has 0 saturated carbocycles. The molecule has 18 heavy (non-hydrogen) atoms. The molecule has 0 spiro atoms. The smallest absolute Gasteiger partial charge is 0.282 e. The van der Waals surface area contributed by atoms with E-state index in [0.717, 1.165) is 0 Å². The molecule has 1 N–H and O–H groups in total. The number of carbonyl (C=O) groups excluding carboxylic acids is 1. The zero-order valence-electron chi connectivity index (χ0n) is 10.9. The molecule has 1 aromatic rings. The molecule has 6 nitrogen and oxygen atoms in total. The number of amides is 1. The number of nitrogens with one attached hydrogen (secondary N) is 1. The van der Waals surface area contributed by atoms with Crippen molar-refractivity contribution in [1.29, 1.82) is 0 Å². The number of nitrogens with zero attached hydrogens (tertiary/aromatic N) is 3. The first-order valence-electron chi connectivity index (χ1n) is 5.53. The maximum Gasteiger partial charge on any atom is 0.282 e. The van der Waals surface area contributed by atoms with Gasteiger partial charge in [0.05, 0.1) is 17.8 Å². The first kappa shape index (κ1) is 14.7. The van der Waals surface area contributed by atoms with Crippen LogP contribution in [-0.4, -0.2) is 36.3 Å². The number of rotatable bonds is 4. The van der Waals surface area contributed by atoms with Crippen LogP contribution in [0, 0.1) is 5.92 Å². The van der Waals surface area contributed by atoms with Gasteiger partial charge in [0.15, 0.2) is 0 Å². The highest BCUT2D eigenvalue weighted by atomic mass is 79.9. The van der Waals surface area contributed by atoms with Gasteiger partial charge in [-0.3, -0.25) is 9.59 Å². The minimum atomic E-state index is -0.202. The van der Waals surface area contributed by atoms with Crippen molar-refractivity contribution in [2.75, 3.05) is 25.5 Å². The number of aromatic nitrogens is 2. The van der Waals surface area contributed by atoms with Gasteiger partial charge in [-0.15, -0.1) is 0 Å². The van der Waals surface area contributed by atoms with Gasteiger partial charge in [-0.1, -0.05) is 6.92 Å². The van der Waals surface area contributed by atoms with Gasteiger partial charge < -0.3 is 10.2 Å². The van der Waals surface area contributed by atoms with E-state index in [4.69, 9.17) is 0 Å². The van der Waals surface area contributed by atoms with E-state index in [2.05, 4.69) is 26.3 Å². The lowest BCUT2D eigenvalue weighted by atomic mass is 10.1. The molecule has 0 aliphatic carbocycles. The van der Waals surface area contributed by atoms with Crippen molar-refractivity contribution in [1.82, 2.24) is 15.1 Å².